The number of hydrogen-bond donors (Lipinski definition) is 1. The monoisotopic (exact) mass is 315 g/mol. The van der Waals surface area contributed by atoms with Crippen LogP contribution in [0.3, 0.4) is 0 Å². The van der Waals surface area contributed by atoms with Crippen molar-refractivity contribution < 1.29 is 9.13 Å². The highest BCUT2D eigenvalue weighted by Crippen LogP contribution is 2.37. The highest BCUT2D eigenvalue weighted by Gasteiger charge is 2.30. The van der Waals surface area contributed by atoms with Crippen LogP contribution in [0.25, 0.3) is 0 Å². The van der Waals surface area contributed by atoms with Gasteiger partial charge in [-0.3, -0.25) is 0 Å². The van der Waals surface area contributed by atoms with Crippen LogP contribution < -0.4 is 5.73 Å². The molecule has 1 fully saturated rings. The van der Waals surface area contributed by atoms with Gasteiger partial charge in [-0.25, -0.2) is 4.39 Å². The van der Waals surface area contributed by atoms with Crippen LogP contribution in [-0.4, -0.2) is 7.11 Å². The van der Waals surface area contributed by atoms with Crippen molar-refractivity contribution in [2.24, 2.45) is 5.73 Å². The molecular formula is C14H19BrFNO. The van der Waals surface area contributed by atoms with Crippen LogP contribution in [0.4, 0.5) is 4.39 Å². The lowest BCUT2D eigenvalue weighted by Crippen LogP contribution is -2.38. The number of halogens is 2. The molecule has 1 saturated carbocycles. The maximum atomic E-state index is 14.1. The Balaban J connectivity index is 2.34. The van der Waals surface area contributed by atoms with Gasteiger partial charge < -0.3 is 10.5 Å². The first-order chi connectivity index (χ1) is 8.57. The van der Waals surface area contributed by atoms with Crippen molar-refractivity contribution in [2.45, 2.75) is 44.2 Å². The second kappa shape index (κ2) is 5.68. The van der Waals surface area contributed by atoms with E-state index in [0.717, 1.165) is 35.7 Å². The van der Waals surface area contributed by atoms with E-state index in [1.165, 1.54) is 6.42 Å². The van der Waals surface area contributed by atoms with E-state index in [9.17, 15) is 4.39 Å². The van der Waals surface area contributed by atoms with Gasteiger partial charge in [0.15, 0.2) is 0 Å². The van der Waals surface area contributed by atoms with Crippen LogP contribution in [0.15, 0.2) is 16.6 Å². The van der Waals surface area contributed by atoms with E-state index < -0.39 is 0 Å². The first kappa shape index (κ1) is 14.0. The molecule has 2 N–H and O–H groups in total. The molecule has 0 bridgehead atoms. The fourth-order valence-electron chi connectivity index (χ4n) is 2.64. The summed E-state index contributed by atoms with van der Waals surface area (Å²) in [4.78, 5) is 0. The van der Waals surface area contributed by atoms with Crippen LogP contribution in [0, 0.1) is 5.82 Å². The number of benzene rings is 1. The summed E-state index contributed by atoms with van der Waals surface area (Å²) in [7, 11) is 1.56. The summed E-state index contributed by atoms with van der Waals surface area (Å²) in [5.74, 6) is -0.239. The summed E-state index contributed by atoms with van der Waals surface area (Å²) in [5, 5.41) is 0. The lowest BCUT2D eigenvalue weighted by atomic mass is 9.77. The number of methoxy groups -OCH3 is 1. The molecule has 0 saturated heterocycles. The summed E-state index contributed by atoms with van der Waals surface area (Å²) < 4.78 is 19.8. The van der Waals surface area contributed by atoms with Crippen LogP contribution in [-0.2, 0) is 16.9 Å². The lowest BCUT2D eigenvalue weighted by Gasteiger charge is -2.34. The highest BCUT2D eigenvalue weighted by molar-refractivity contribution is 9.10. The van der Waals surface area contributed by atoms with E-state index in [1.807, 2.05) is 6.07 Å². The molecule has 4 heteroatoms. The molecule has 0 unspecified atom stereocenters. The largest absolute Gasteiger partial charge is 0.380 e. The lowest BCUT2D eigenvalue weighted by molar-refractivity contribution is 0.180. The molecule has 2 nitrogen and oxygen atoms in total. The van der Waals surface area contributed by atoms with Gasteiger partial charge in [-0.15, -0.1) is 0 Å². The molecule has 18 heavy (non-hydrogen) atoms. The summed E-state index contributed by atoms with van der Waals surface area (Å²) >= 11 is 3.41. The SMILES string of the molecule is COCc1c(F)cc(C2(N)CCCCC2)cc1Br. The summed E-state index contributed by atoms with van der Waals surface area (Å²) in [6, 6.07) is 3.52. The Morgan fingerprint density at radius 2 is 2.00 bits per heavy atom. The minimum absolute atomic E-state index is 0.239. The summed E-state index contributed by atoms with van der Waals surface area (Å²) in [6.45, 7) is 0.268. The molecule has 0 spiro atoms. The topological polar surface area (TPSA) is 35.2 Å². The van der Waals surface area contributed by atoms with Gasteiger partial charge in [-0.1, -0.05) is 35.2 Å². The third-order valence-electron chi connectivity index (χ3n) is 3.75. The van der Waals surface area contributed by atoms with E-state index in [0.29, 0.717) is 5.56 Å². The number of nitrogens with two attached hydrogens (primary N) is 1. The molecular weight excluding hydrogens is 297 g/mol. The van der Waals surface area contributed by atoms with Gasteiger partial charge in [-0.2, -0.15) is 0 Å². The van der Waals surface area contributed by atoms with Crippen LogP contribution in [0.1, 0.15) is 43.2 Å². The first-order valence-electron chi connectivity index (χ1n) is 6.33. The predicted octanol–water partition coefficient (Wildman–Crippen LogP) is 3.85. The molecule has 100 valence electrons. The van der Waals surface area contributed by atoms with Gasteiger partial charge in [-0.05, 0) is 30.5 Å². The Bertz CT molecular complexity index is 407. The Labute approximate surface area is 116 Å². The molecule has 0 aliphatic heterocycles. The van der Waals surface area contributed by atoms with Crippen molar-refractivity contribution in [1.82, 2.24) is 0 Å². The normalized spacial score (nSPS) is 18.9. The smallest absolute Gasteiger partial charge is 0.130 e. The fourth-order valence-corrected chi connectivity index (χ4v) is 3.19. The third kappa shape index (κ3) is 2.76. The van der Waals surface area contributed by atoms with E-state index in [2.05, 4.69) is 15.9 Å². The van der Waals surface area contributed by atoms with Gasteiger partial charge in [0.2, 0.25) is 0 Å². The molecule has 2 rings (SSSR count). The maximum absolute atomic E-state index is 14.1. The van der Waals surface area contributed by atoms with Gasteiger partial charge in [0.05, 0.1) is 6.61 Å². The van der Waals surface area contributed by atoms with Crippen molar-refractivity contribution in [3.63, 3.8) is 0 Å². The Kier molecular flexibility index (Phi) is 4.41. The van der Waals surface area contributed by atoms with Crippen LogP contribution in [0.2, 0.25) is 0 Å². The van der Waals surface area contributed by atoms with Crippen LogP contribution >= 0.6 is 15.9 Å². The van der Waals surface area contributed by atoms with Gasteiger partial charge in [0.1, 0.15) is 5.82 Å². The van der Waals surface area contributed by atoms with Crippen molar-refractivity contribution >= 4 is 15.9 Å². The molecule has 1 aliphatic carbocycles. The zero-order valence-corrected chi connectivity index (χ0v) is 12.2. The molecule has 1 aliphatic rings. The number of rotatable bonds is 3. The second-order valence-electron chi connectivity index (χ2n) is 5.07. The van der Waals surface area contributed by atoms with Crippen LogP contribution in [0.5, 0.6) is 0 Å². The molecule has 0 heterocycles. The molecule has 1 aromatic carbocycles. The highest BCUT2D eigenvalue weighted by atomic mass is 79.9. The Hall–Kier alpha value is -0.450. The zero-order valence-electron chi connectivity index (χ0n) is 10.6. The minimum Gasteiger partial charge on any atom is -0.380 e. The molecule has 0 amide bonds. The molecule has 1 aromatic rings. The predicted molar refractivity (Wildman–Crippen MR) is 73.8 cm³/mol. The minimum atomic E-state index is -0.368. The zero-order chi connectivity index (χ0) is 13.2. The summed E-state index contributed by atoms with van der Waals surface area (Å²) in [6.07, 6.45) is 5.33. The van der Waals surface area contributed by atoms with E-state index in [4.69, 9.17) is 10.5 Å². The number of hydrogen-bond acceptors (Lipinski definition) is 2. The van der Waals surface area contributed by atoms with E-state index in [-0.39, 0.29) is 18.0 Å². The Morgan fingerprint density at radius 1 is 1.33 bits per heavy atom. The quantitative estimate of drug-likeness (QED) is 0.919. The number of ether oxygens (including phenoxy) is 1. The third-order valence-corrected chi connectivity index (χ3v) is 4.46. The average molecular weight is 316 g/mol. The van der Waals surface area contributed by atoms with E-state index >= 15 is 0 Å². The molecule has 0 atom stereocenters. The maximum Gasteiger partial charge on any atom is 0.130 e. The van der Waals surface area contributed by atoms with Crippen molar-refractivity contribution in [2.75, 3.05) is 7.11 Å². The van der Waals surface area contributed by atoms with Crippen molar-refractivity contribution in [3.05, 3.63) is 33.5 Å². The van der Waals surface area contributed by atoms with Gasteiger partial charge in [0, 0.05) is 22.7 Å². The summed E-state index contributed by atoms with van der Waals surface area (Å²) in [5.41, 5.74) is 7.51. The second-order valence-corrected chi connectivity index (χ2v) is 5.92. The van der Waals surface area contributed by atoms with Gasteiger partial charge >= 0.3 is 0 Å². The molecule has 0 aromatic heterocycles. The van der Waals surface area contributed by atoms with Crippen molar-refractivity contribution in [3.8, 4) is 0 Å². The Morgan fingerprint density at radius 3 is 2.56 bits per heavy atom. The average Bonchev–Trinajstić information content (AvgIpc) is 2.34. The fraction of sp³-hybridized carbons (Fsp3) is 0.571. The van der Waals surface area contributed by atoms with Crippen molar-refractivity contribution in [1.29, 1.82) is 0 Å². The van der Waals surface area contributed by atoms with Gasteiger partial charge in [0.25, 0.3) is 0 Å². The molecule has 0 radical (unpaired) electrons. The van der Waals surface area contributed by atoms with E-state index in [1.54, 1.807) is 13.2 Å². The standard InChI is InChI=1S/C14H19BrFNO/c1-18-9-11-12(15)7-10(8-13(11)16)14(17)5-3-2-4-6-14/h7-8H,2-6,9,17H2,1H3. The first-order valence-corrected chi connectivity index (χ1v) is 7.12.